The summed E-state index contributed by atoms with van der Waals surface area (Å²) in [6.45, 7) is 13.6. The van der Waals surface area contributed by atoms with Gasteiger partial charge in [0.1, 0.15) is 0 Å². The van der Waals surface area contributed by atoms with E-state index in [2.05, 4.69) is 41.3 Å². The number of nitrogens with zero attached hydrogens (tertiary/aromatic N) is 3. The Bertz CT molecular complexity index is 392. The third-order valence-electron chi connectivity index (χ3n) is 3.54. The highest BCUT2D eigenvalue weighted by molar-refractivity contribution is 5.47. The van der Waals surface area contributed by atoms with Crippen LogP contribution in [-0.4, -0.2) is 42.6 Å². The zero-order valence-corrected chi connectivity index (χ0v) is 11.5. The third kappa shape index (κ3) is 3.10. The zero-order valence-electron chi connectivity index (χ0n) is 11.5. The molecule has 2 heterocycles. The molecule has 1 aromatic heterocycles. The fourth-order valence-corrected chi connectivity index (χ4v) is 2.30. The van der Waals surface area contributed by atoms with Gasteiger partial charge < -0.3 is 4.90 Å². The molecular weight excluding hydrogens is 222 g/mol. The largest absolute Gasteiger partial charge is 0.368 e. The number of hydrogen-bond acceptors (Lipinski definition) is 3. The predicted molar refractivity (Wildman–Crippen MR) is 77.2 cm³/mol. The number of hydrogen-bond donors (Lipinski definition) is 0. The van der Waals surface area contributed by atoms with E-state index in [4.69, 9.17) is 0 Å². The van der Waals surface area contributed by atoms with Crippen molar-refractivity contribution in [2.45, 2.75) is 19.8 Å². The van der Waals surface area contributed by atoms with Gasteiger partial charge in [-0.15, -0.1) is 6.58 Å². The summed E-state index contributed by atoms with van der Waals surface area (Å²) in [5.74, 6) is 0.541. The topological polar surface area (TPSA) is 19.4 Å². The molecule has 1 aliphatic rings. The Morgan fingerprint density at radius 2 is 2.00 bits per heavy atom. The van der Waals surface area contributed by atoms with Crippen LogP contribution in [0.3, 0.4) is 0 Å². The zero-order chi connectivity index (χ0) is 13.0. The van der Waals surface area contributed by atoms with Crippen molar-refractivity contribution >= 4 is 5.69 Å². The Balaban J connectivity index is 2.00. The molecule has 1 fully saturated rings. The Hall–Kier alpha value is -1.35. The first-order valence-corrected chi connectivity index (χ1v) is 6.74. The van der Waals surface area contributed by atoms with Crippen molar-refractivity contribution in [2.24, 2.45) is 0 Å². The third-order valence-corrected chi connectivity index (χ3v) is 3.54. The van der Waals surface area contributed by atoms with Crippen LogP contribution in [0.1, 0.15) is 25.3 Å². The minimum absolute atomic E-state index is 0.541. The minimum Gasteiger partial charge on any atom is -0.368 e. The lowest BCUT2D eigenvalue weighted by Gasteiger charge is -2.35. The van der Waals surface area contributed by atoms with Crippen molar-refractivity contribution in [3.8, 4) is 0 Å². The van der Waals surface area contributed by atoms with Gasteiger partial charge in [0.15, 0.2) is 0 Å². The Morgan fingerprint density at radius 1 is 1.28 bits per heavy atom. The lowest BCUT2D eigenvalue weighted by atomic mass is 10.1. The molecule has 3 heteroatoms. The number of aromatic nitrogens is 1. The maximum atomic E-state index is 4.36. The van der Waals surface area contributed by atoms with E-state index in [0.717, 1.165) is 32.7 Å². The minimum atomic E-state index is 0.541. The monoisotopic (exact) mass is 245 g/mol. The van der Waals surface area contributed by atoms with Gasteiger partial charge in [0.05, 0.1) is 11.9 Å². The smallest absolute Gasteiger partial charge is 0.0556 e. The molecule has 3 nitrogen and oxygen atoms in total. The molecule has 0 N–H and O–H groups in total. The van der Waals surface area contributed by atoms with E-state index in [-0.39, 0.29) is 0 Å². The van der Waals surface area contributed by atoms with Gasteiger partial charge in [0.2, 0.25) is 0 Å². The van der Waals surface area contributed by atoms with Crippen LogP contribution in [0.2, 0.25) is 0 Å². The fraction of sp³-hybridized carbons (Fsp3) is 0.533. The van der Waals surface area contributed by atoms with Gasteiger partial charge in [-0.3, -0.25) is 9.88 Å². The molecule has 1 aromatic rings. The number of pyridine rings is 1. The first kappa shape index (κ1) is 13.1. The van der Waals surface area contributed by atoms with E-state index in [9.17, 15) is 0 Å². The molecule has 0 atom stereocenters. The molecule has 0 unspecified atom stereocenters. The molecule has 0 saturated carbocycles. The average Bonchev–Trinajstić information content (AvgIpc) is 2.40. The normalized spacial score (nSPS) is 17.2. The van der Waals surface area contributed by atoms with Gasteiger partial charge in [-0.2, -0.15) is 0 Å². The van der Waals surface area contributed by atoms with E-state index in [0.29, 0.717) is 5.92 Å². The molecular formula is C15H23N3. The van der Waals surface area contributed by atoms with Crippen molar-refractivity contribution in [2.75, 3.05) is 37.6 Å². The average molecular weight is 245 g/mol. The molecule has 18 heavy (non-hydrogen) atoms. The van der Waals surface area contributed by atoms with Crippen LogP contribution in [0.25, 0.3) is 0 Å². The van der Waals surface area contributed by atoms with Gasteiger partial charge in [-0.1, -0.05) is 19.9 Å². The summed E-state index contributed by atoms with van der Waals surface area (Å²) < 4.78 is 0. The maximum Gasteiger partial charge on any atom is 0.0556 e. The quantitative estimate of drug-likeness (QED) is 0.760. The van der Waals surface area contributed by atoms with Crippen molar-refractivity contribution in [1.29, 1.82) is 0 Å². The molecule has 98 valence electrons. The van der Waals surface area contributed by atoms with Crippen LogP contribution in [-0.2, 0) is 0 Å². The van der Waals surface area contributed by atoms with Crippen molar-refractivity contribution in [3.63, 3.8) is 0 Å². The summed E-state index contributed by atoms with van der Waals surface area (Å²) in [7, 11) is 0. The van der Waals surface area contributed by atoms with E-state index >= 15 is 0 Å². The Morgan fingerprint density at radius 3 is 2.61 bits per heavy atom. The van der Waals surface area contributed by atoms with Crippen LogP contribution in [0.5, 0.6) is 0 Å². The second kappa shape index (κ2) is 6.01. The number of rotatable bonds is 4. The van der Waals surface area contributed by atoms with Gasteiger partial charge in [-0.25, -0.2) is 0 Å². The Labute approximate surface area is 110 Å². The van der Waals surface area contributed by atoms with Crippen LogP contribution in [0.4, 0.5) is 5.69 Å². The maximum absolute atomic E-state index is 4.36. The van der Waals surface area contributed by atoms with Crippen molar-refractivity contribution in [1.82, 2.24) is 9.88 Å². The summed E-state index contributed by atoms with van der Waals surface area (Å²) in [4.78, 5) is 9.23. The van der Waals surface area contributed by atoms with Gasteiger partial charge >= 0.3 is 0 Å². The van der Waals surface area contributed by atoms with Gasteiger partial charge in [0.25, 0.3) is 0 Å². The van der Waals surface area contributed by atoms with Crippen LogP contribution >= 0.6 is 0 Å². The molecule has 0 bridgehead atoms. The molecule has 0 amide bonds. The molecule has 0 aromatic carbocycles. The fourth-order valence-electron chi connectivity index (χ4n) is 2.30. The van der Waals surface area contributed by atoms with Crippen LogP contribution in [0, 0.1) is 0 Å². The number of anilines is 1. The number of piperazine rings is 1. The molecule has 1 aliphatic heterocycles. The predicted octanol–water partition coefficient (Wildman–Crippen LogP) is 2.51. The van der Waals surface area contributed by atoms with Crippen molar-refractivity contribution in [3.05, 3.63) is 36.7 Å². The molecule has 0 radical (unpaired) electrons. The summed E-state index contributed by atoms with van der Waals surface area (Å²) in [5, 5.41) is 0. The van der Waals surface area contributed by atoms with E-state index in [1.54, 1.807) is 0 Å². The van der Waals surface area contributed by atoms with Crippen molar-refractivity contribution < 1.29 is 0 Å². The van der Waals surface area contributed by atoms with Crippen LogP contribution < -0.4 is 4.90 Å². The second-order valence-corrected chi connectivity index (χ2v) is 5.21. The first-order valence-electron chi connectivity index (χ1n) is 6.74. The Kier molecular flexibility index (Phi) is 4.37. The lowest BCUT2D eigenvalue weighted by molar-refractivity contribution is 0.284. The van der Waals surface area contributed by atoms with E-state index in [1.165, 1.54) is 11.3 Å². The summed E-state index contributed by atoms with van der Waals surface area (Å²) in [6, 6.07) is 2.28. The second-order valence-electron chi connectivity index (χ2n) is 5.21. The lowest BCUT2D eigenvalue weighted by Crippen LogP contribution is -2.46. The van der Waals surface area contributed by atoms with Gasteiger partial charge in [0, 0.05) is 38.9 Å². The molecule has 2 rings (SSSR count). The summed E-state index contributed by atoms with van der Waals surface area (Å²) >= 11 is 0. The highest BCUT2D eigenvalue weighted by Crippen LogP contribution is 2.21. The van der Waals surface area contributed by atoms with Gasteiger partial charge in [-0.05, 0) is 17.5 Å². The van der Waals surface area contributed by atoms with E-state index < -0.39 is 0 Å². The first-order chi connectivity index (χ1) is 8.70. The molecule has 0 spiro atoms. The molecule has 1 saturated heterocycles. The standard InChI is InChI=1S/C15H23N3/c1-4-5-17-6-8-18(9-7-17)15-10-14(13(2)3)11-16-12-15/h4,10-13H,1,5-9H2,2-3H3. The highest BCUT2D eigenvalue weighted by atomic mass is 15.3. The van der Waals surface area contributed by atoms with Crippen LogP contribution in [0.15, 0.2) is 31.1 Å². The molecule has 0 aliphatic carbocycles. The highest BCUT2D eigenvalue weighted by Gasteiger charge is 2.16. The summed E-state index contributed by atoms with van der Waals surface area (Å²) in [6.07, 6.45) is 5.94. The SMILES string of the molecule is C=CCN1CCN(c2cncc(C(C)C)c2)CC1. The summed E-state index contributed by atoms with van der Waals surface area (Å²) in [5.41, 5.74) is 2.58. The van der Waals surface area contributed by atoms with E-state index in [1.807, 2.05) is 18.5 Å².